The highest BCUT2D eigenvalue weighted by atomic mass is 32.1. The summed E-state index contributed by atoms with van der Waals surface area (Å²) in [6.07, 6.45) is 2.60. The average molecular weight is 271 g/mol. The van der Waals surface area contributed by atoms with Gasteiger partial charge in [0.2, 0.25) is 11.8 Å². The van der Waals surface area contributed by atoms with Gasteiger partial charge in [-0.2, -0.15) is 0 Å². The standard InChI is InChI=1S/C12H21N3O2S/c1-3-8(2)15-9(16)4-7-14-11(17)12(5-6-12)10(13)18/h8H,3-7H2,1-2H3,(H2,13,18)(H,14,17)(H,15,16). The molecule has 1 atom stereocenters. The van der Waals surface area contributed by atoms with E-state index >= 15 is 0 Å². The van der Waals surface area contributed by atoms with E-state index in [1.807, 2.05) is 13.8 Å². The molecule has 5 nitrogen and oxygen atoms in total. The van der Waals surface area contributed by atoms with Crippen LogP contribution in [-0.4, -0.2) is 29.4 Å². The van der Waals surface area contributed by atoms with Gasteiger partial charge in [-0.3, -0.25) is 9.59 Å². The molecule has 102 valence electrons. The quantitative estimate of drug-likeness (QED) is 0.588. The molecule has 1 aliphatic carbocycles. The second-order valence-electron chi connectivity index (χ2n) is 4.83. The monoisotopic (exact) mass is 271 g/mol. The number of hydrogen-bond donors (Lipinski definition) is 3. The first-order valence-electron chi connectivity index (χ1n) is 6.30. The zero-order valence-corrected chi connectivity index (χ0v) is 11.7. The highest BCUT2D eigenvalue weighted by Gasteiger charge is 2.52. The Balaban J connectivity index is 2.24. The molecule has 1 saturated carbocycles. The summed E-state index contributed by atoms with van der Waals surface area (Å²) in [4.78, 5) is 23.6. The van der Waals surface area contributed by atoms with Gasteiger partial charge in [-0.05, 0) is 26.2 Å². The Kier molecular flexibility index (Phi) is 5.07. The number of carbonyl (C=O) groups is 2. The van der Waals surface area contributed by atoms with Crippen molar-refractivity contribution in [2.24, 2.45) is 11.1 Å². The minimum absolute atomic E-state index is 0.0511. The molecule has 18 heavy (non-hydrogen) atoms. The first-order chi connectivity index (χ1) is 8.42. The van der Waals surface area contributed by atoms with Crippen LogP contribution in [0.5, 0.6) is 0 Å². The third-order valence-electron chi connectivity index (χ3n) is 3.31. The molecule has 1 unspecified atom stereocenters. The average Bonchev–Trinajstić information content (AvgIpc) is 3.09. The van der Waals surface area contributed by atoms with Crippen molar-refractivity contribution in [3.8, 4) is 0 Å². The summed E-state index contributed by atoms with van der Waals surface area (Å²) in [6.45, 7) is 4.28. The molecule has 0 radical (unpaired) electrons. The summed E-state index contributed by atoms with van der Waals surface area (Å²) in [5, 5.41) is 5.56. The highest BCUT2D eigenvalue weighted by molar-refractivity contribution is 7.80. The van der Waals surface area contributed by atoms with E-state index in [2.05, 4.69) is 10.6 Å². The largest absolute Gasteiger partial charge is 0.392 e. The number of rotatable bonds is 7. The molecule has 0 aromatic carbocycles. The molecule has 2 amide bonds. The van der Waals surface area contributed by atoms with Gasteiger partial charge in [-0.15, -0.1) is 0 Å². The maximum absolute atomic E-state index is 11.8. The predicted molar refractivity (Wildman–Crippen MR) is 74.0 cm³/mol. The summed E-state index contributed by atoms with van der Waals surface area (Å²) < 4.78 is 0. The first kappa shape index (κ1) is 14.9. The van der Waals surface area contributed by atoms with Crippen molar-refractivity contribution in [3.05, 3.63) is 0 Å². The van der Waals surface area contributed by atoms with E-state index in [1.165, 1.54) is 0 Å². The molecule has 0 saturated heterocycles. The van der Waals surface area contributed by atoms with Crippen LogP contribution in [0.1, 0.15) is 39.5 Å². The van der Waals surface area contributed by atoms with Crippen LogP contribution in [0.4, 0.5) is 0 Å². The Hall–Kier alpha value is -1.17. The van der Waals surface area contributed by atoms with E-state index in [0.717, 1.165) is 6.42 Å². The summed E-state index contributed by atoms with van der Waals surface area (Å²) in [5.74, 6) is -0.198. The zero-order valence-electron chi connectivity index (χ0n) is 10.9. The molecular weight excluding hydrogens is 250 g/mol. The summed E-state index contributed by atoms with van der Waals surface area (Å²) in [5.41, 5.74) is 4.90. The molecule has 1 aliphatic rings. The fourth-order valence-electron chi connectivity index (χ4n) is 1.62. The van der Waals surface area contributed by atoms with Gasteiger partial charge in [-0.1, -0.05) is 19.1 Å². The maximum atomic E-state index is 11.8. The Morgan fingerprint density at radius 1 is 1.44 bits per heavy atom. The van der Waals surface area contributed by atoms with Crippen molar-refractivity contribution in [2.45, 2.75) is 45.6 Å². The summed E-state index contributed by atoms with van der Waals surface area (Å²) in [7, 11) is 0. The van der Waals surface area contributed by atoms with Gasteiger partial charge in [0.25, 0.3) is 0 Å². The molecule has 0 heterocycles. The van der Waals surface area contributed by atoms with Crippen molar-refractivity contribution in [1.82, 2.24) is 10.6 Å². The third kappa shape index (κ3) is 3.66. The normalized spacial score (nSPS) is 17.7. The molecule has 1 rings (SSSR count). The lowest BCUT2D eigenvalue weighted by atomic mass is 10.1. The summed E-state index contributed by atoms with van der Waals surface area (Å²) in [6, 6.07) is 0.166. The second-order valence-corrected chi connectivity index (χ2v) is 5.27. The summed E-state index contributed by atoms with van der Waals surface area (Å²) >= 11 is 4.88. The molecule has 0 spiro atoms. The highest BCUT2D eigenvalue weighted by Crippen LogP contribution is 2.46. The van der Waals surface area contributed by atoms with Crippen molar-refractivity contribution in [1.29, 1.82) is 0 Å². The van der Waals surface area contributed by atoms with Crippen LogP contribution in [0.15, 0.2) is 0 Å². The maximum Gasteiger partial charge on any atom is 0.233 e. The third-order valence-corrected chi connectivity index (χ3v) is 3.70. The predicted octanol–water partition coefficient (Wildman–Crippen LogP) is 0.474. The van der Waals surface area contributed by atoms with E-state index in [4.69, 9.17) is 18.0 Å². The van der Waals surface area contributed by atoms with Crippen LogP contribution in [-0.2, 0) is 9.59 Å². The van der Waals surface area contributed by atoms with Gasteiger partial charge in [0.1, 0.15) is 0 Å². The van der Waals surface area contributed by atoms with E-state index in [1.54, 1.807) is 0 Å². The number of hydrogen-bond acceptors (Lipinski definition) is 3. The molecule has 0 aromatic heterocycles. The Labute approximate surface area is 113 Å². The number of nitrogens with one attached hydrogen (secondary N) is 2. The fourth-order valence-corrected chi connectivity index (χ4v) is 1.91. The molecule has 1 fully saturated rings. The van der Waals surface area contributed by atoms with Gasteiger partial charge < -0.3 is 16.4 Å². The Bertz CT molecular complexity index is 353. The molecule has 4 N–H and O–H groups in total. The van der Waals surface area contributed by atoms with Gasteiger partial charge in [0.05, 0.1) is 10.4 Å². The lowest BCUT2D eigenvalue weighted by Gasteiger charge is -2.14. The first-order valence-corrected chi connectivity index (χ1v) is 6.70. The van der Waals surface area contributed by atoms with E-state index < -0.39 is 5.41 Å². The number of thiocarbonyl (C=S) groups is 1. The van der Waals surface area contributed by atoms with Crippen molar-refractivity contribution in [3.63, 3.8) is 0 Å². The number of nitrogens with two attached hydrogens (primary N) is 1. The molecule has 6 heteroatoms. The Morgan fingerprint density at radius 2 is 2.06 bits per heavy atom. The van der Waals surface area contributed by atoms with E-state index in [-0.39, 0.29) is 29.3 Å². The molecule has 0 bridgehead atoms. The second kappa shape index (κ2) is 6.13. The van der Waals surface area contributed by atoms with E-state index in [9.17, 15) is 9.59 Å². The fraction of sp³-hybridized carbons (Fsp3) is 0.750. The SMILES string of the molecule is CCC(C)NC(=O)CCNC(=O)C1(C(N)=S)CC1. The van der Waals surface area contributed by atoms with Crippen LogP contribution in [0.2, 0.25) is 0 Å². The van der Waals surface area contributed by atoms with Crippen LogP contribution >= 0.6 is 12.2 Å². The zero-order chi connectivity index (χ0) is 13.8. The van der Waals surface area contributed by atoms with Gasteiger partial charge >= 0.3 is 0 Å². The minimum atomic E-state index is -0.636. The lowest BCUT2D eigenvalue weighted by molar-refractivity contribution is -0.124. The molecule has 0 aromatic rings. The van der Waals surface area contributed by atoms with Crippen LogP contribution in [0.3, 0.4) is 0 Å². The van der Waals surface area contributed by atoms with E-state index in [0.29, 0.717) is 19.4 Å². The molecular formula is C12H21N3O2S. The smallest absolute Gasteiger partial charge is 0.233 e. The molecule has 0 aliphatic heterocycles. The van der Waals surface area contributed by atoms with Crippen molar-refractivity contribution < 1.29 is 9.59 Å². The van der Waals surface area contributed by atoms with Crippen molar-refractivity contribution in [2.75, 3.05) is 6.54 Å². The van der Waals surface area contributed by atoms with Crippen LogP contribution < -0.4 is 16.4 Å². The van der Waals surface area contributed by atoms with Gasteiger partial charge in [0, 0.05) is 19.0 Å². The topological polar surface area (TPSA) is 84.2 Å². The number of amides is 2. The minimum Gasteiger partial charge on any atom is -0.392 e. The lowest BCUT2D eigenvalue weighted by Crippen LogP contribution is -2.41. The Morgan fingerprint density at radius 3 is 2.50 bits per heavy atom. The van der Waals surface area contributed by atoms with Crippen LogP contribution in [0.25, 0.3) is 0 Å². The van der Waals surface area contributed by atoms with Gasteiger partial charge in [0.15, 0.2) is 0 Å². The number of carbonyl (C=O) groups excluding carboxylic acids is 2. The van der Waals surface area contributed by atoms with Crippen molar-refractivity contribution >= 4 is 29.0 Å². The van der Waals surface area contributed by atoms with Gasteiger partial charge in [-0.25, -0.2) is 0 Å². The van der Waals surface area contributed by atoms with Crippen LogP contribution in [0, 0.1) is 5.41 Å².